The topological polar surface area (TPSA) is 94.3 Å². The molecule has 106 valence electrons. The van der Waals surface area contributed by atoms with E-state index >= 15 is 0 Å². The Morgan fingerprint density at radius 3 is 2.86 bits per heavy atom. The molecule has 2 heterocycles. The molecule has 0 atom stereocenters. The first-order valence-corrected chi connectivity index (χ1v) is 6.76. The van der Waals surface area contributed by atoms with Gasteiger partial charge in [-0.3, -0.25) is 4.79 Å². The average Bonchev–Trinajstić information content (AvgIpc) is 3.14. The van der Waals surface area contributed by atoms with E-state index in [-0.39, 0.29) is 5.91 Å². The Morgan fingerprint density at radius 2 is 2.05 bits per heavy atom. The normalized spacial score (nSPS) is 10.5. The molecule has 0 saturated carbocycles. The van der Waals surface area contributed by atoms with Crippen LogP contribution in [-0.2, 0) is 4.74 Å². The number of nitrogens with zero attached hydrogens (tertiary/aromatic N) is 2. The van der Waals surface area contributed by atoms with Crippen LogP contribution in [0, 0.1) is 0 Å². The number of thiophene rings is 1. The van der Waals surface area contributed by atoms with Crippen molar-refractivity contribution < 1.29 is 19.0 Å². The first-order valence-electron chi connectivity index (χ1n) is 5.88. The minimum Gasteiger partial charge on any atom is -0.465 e. The van der Waals surface area contributed by atoms with Crippen LogP contribution >= 0.6 is 11.3 Å². The first-order chi connectivity index (χ1) is 10.2. The van der Waals surface area contributed by atoms with Crippen LogP contribution < -0.4 is 5.32 Å². The molecule has 0 radical (unpaired) electrons. The molecule has 0 aliphatic heterocycles. The summed E-state index contributed by atoms with van der Waals surface area (Å²) in [4.78, 5) is 24.1. The maximum atomic E-state index is 12.2. The van der Waals surface area contributed by atoms with Gasteiger partial charge in [-0.2, -0.15) is 0 Å². The van der Waals surface area contributed by atoms with E-state index in [4.69, 9.17) is 0 Å². The van der Waals surface area contributed by atoms with Crippen molar-refractivity contribution in [3.05, 3.63) is 40.1 Å². The Balaban J connectivity index is 1.86. The molecular formula is C13H9N3O4S. The minimum absolute atomic E-state index is 0.343. The fraction of sp³-hybridized carbons (Fsp3) is 0.0769. The van der Waals surface area contributed by atoms with Gasteiger partial charge in [-0.15, -0.1) is 11.3 Å². The lowest BCUT2D eigenvalue weighted by molar-refractivity contribution is 0.0607. The third-order valence-electron chi connectivity index (χ3n) is 2.80. The van der Waals surface area contributed by atoms with Crippen LogP contribution in [0.25, 0.3) is 11.0 Å². The first kappa shape index (κ1) is 13.3. The molecule has 0 saturated heterocycles. The van der Waals surface area contributed by atoms with Gasteiger partial charge < -0.3 is 10.1 Å². The zero-order valence-corrected chi connectivity index (χ0v) is 11.6. The quantitative estimate of drug-likeness (QED) is 0.746. The van der Waals surface area contributed by atoms with Crippen LogP contribution in [0.2, 0.25) is 0 Å². The van der Waals surface area contributed by atoms with E-state index < -0.39 is 5.97 Å². The van der Waals surface area contributed by atoms with Crippen molar-refractivity contribution in [2.24, 2.45) is 0 Å². The second-order valence-electron chi connectivity index (χ2n) is 4.08. The van der Waals surface area contributed by atoms with Crippen molar-refractivity contribution >= 4 is 39.9 Å². The molecule has 8 heteroatoms. The van der Waals surface area contributed by atoms with Gasteiger partial charge in [0.05, 0.1) is 12.8 Å². The molecule has 1 N–H and O–H groups in total. The van der Waals surface area contributed by atoms with Crippen molar-refractivity contribution in [1.82, 2.24) is 10.3 Å². The van der Waals surface area contributed by atoms with E-state index in [0.717, 1.165) is 0 Å². The van der Waals surface area contributed by atoms with Crippen molar-refractivity contribution in [3.8, 4) is 0 Å². The smallest absolute Gasteiger partial charge is 0.350 e. The summed E-state index contributed by atoms with van der Waals surface area (Å²) in [5.74, 6) is -0.847. The third kappa shape index (κ3) is 2.48. The van der Waals surface area contributed by atoms with Gasteiger partial charge in [-0.1, -0.05) is 0 Å². The van der Waals surface area contributed by atoms with E-state index in [0.29, 0.717) is 27.2 Å². The number of carbonyl (C=O) groups excluding carboxylic acids is 2. The van der Waals surface area contributed by atoms with Crippen molar-refractivity contribution in [3.63, 3.8) is 0 Å². The molecule has 0 bridgehead atoms. The Morgan fingerprint density at radius 1 is 1.24 bits per heavy atom. The number of anilines is 1. The number of carbonyl (C=O) groups is 2. The zero-order valence-electron chi connectivity index (χ0n) is 10.8. The Hall–Kier alpha value is -2.74. The summed E-state index contributed by atoms with van der Waals surface area (Å²) in [7, 11) is 1.29. The largest absolute Gasteiger partial charge is 0.465 e. The number of hydrogen-bond donors (Lipinski definition) is 1. The summed E-state index contributed by atoms with van der Waals surface area (Å²) in [6.45, 7) is 0. The fourth-order valence-corrected chi connectivity index (χ4v) is 2.54. The third-order valence-corrected chi connectivity index (χ3v) is 3.69. The van der Waals surface area contributed by atoms with E-state index in [1.54, 1.807) is 29.6 Å². The van der Waals surface area contributed by atoms with Crippen LogP contribution in [0.5, 0.6) is 0 Å². The average molecular weight is 303 g/mol. The molecule has 0 aliphatic carbocycles. The molecule has 3 aromatic rings. The summed E-state index contributed by atoms with van der Waals surface area (Å²) >= 11 is 1.20. The lowest BCUT2D eigenvalue weighted by atomic mass is 10.2. The number of esters is 1. The highest BCUT2D eigenvalue weighted by Gasteiger charge is 2.16. The number of methoxy groups -OCH3 is 1. The van der Waals surface area contributed by atoms with Gasteiger partial charge in [0.1, 0.15) is 15.9 Å². The molecule has 0 unspecified atom stereocenters. The molecule has 0 aliphatic rings. The standard InChI is InChI=1S/C13H9N3O4S/c1-19-13(18)11-9(4-5-21-11)14-12(17)7-2-3-8-10(6-7)16-20-15-8/h2-6H,1H3,(H,14,17). The summed E-state index contributed by atoms with van der Waals surface area (Å²) in [5, 5.41) is 11.7. The molecule has 1 aromatic carbocycles. The summed E-state index contributed by atoms with van der Waals surface area (Å²) < 4.78 is 9.24. The van der Waals surface area contributed by atoms with E-state index in [1.807, 2.05) is 0 Å². The number of nitrogens with one attached hydrogen (secondary N) is 1. The van der Waals surface area contributed by atoms with Crippen LogP contribution in [-0.4, -0.2) is 29.3 Å². The second kappa shape index (κ2) is 5.33. The van der Waals surface area contributed by atoms with Gasteiger partial charge in [0.25, 0.3) is 5.91 Å². The second-order valence-corrected chi connectivity index (χ2v) is 4.99. The molecular weight excluding hydrogens is 294 g/mol. The fourth-order valence-electron chi connectivity index (χ4n) is 1.78. The Bertz CT molecular complexity index is 824. The number of fused-ring (bicyclic) bond motifs is 1. The van der Waals surface area contributed by atoms with Crippen LogP contribution in [0.1, 0.15) is 20.0 Å². The maximum absolute atomic E-state index is 12.2. The van der Waals surface area contributed by atoms with Crippen LogP contribution in [0.3, 0.4) is 0 Å². The summed E-state index contributed by atoms with van der Waals surface area (Å²) in [6, 6.07) is 6.44. The molecule has 1 amide bonds. The molecule has 0 spiro atoms. The van der Waals surface area contributed by atoms with Crippen molar-refractivity contribution in [1.29, 1.82) is 0 Å². The van der Waals surface area contributed by atoms with Crippen molar-refractivity contribution in [2.45, 2.75) is 0 Å². The van der Waals surface area contributed by atoms with Gasteiger partial charge in [0.2, 0.25) is 0 Å². The van der Waals surface area contributed by atoms with Crippen molar-refractivity contribution in [2.75, 3.05) is 12.4 Å². The monoisotopic (exact) mass is 303 g/mol. The Labute approximate surface area is 122 Å². The lowest BCUT2D eigenvalue weighted by Crippen LogP contribution is -2.13. The molecule has 21 heavy (non-hydrogen) atoms. The van der Waals surface area contributed by atoms with Gasteiger partial charge in [0, 0.05) is 5.56 Å². The van der Waals surface area contributed by atoms with E-state index in [1.165, 1.54) is 18.4 Å². The molecule has 2 aromatic heterocycles. The van der Waals surface area contributed by atoms with Gasteiger partial charge in [0.15, 0.2) is 0 Å². The summed E-state index contributed by atoms with van der Waals surface area (Å²) in [6.07, 6.45) is 0. The van der Waals surface area contributed by atoms with Gasteiger partial charge in [-0.05, 0) is 40.0 Å². The van der Waals surface area contributed by atoms with Crippen LogP contribution in [0.4, 0.5) is 5.69 Å². The minimum atomic E-state index is -0.489. The van der Waals surface area contributed by atoms with E-state index in [9.17, 15) is 9.59 Å². The maximum Gasteiger partial charge on any atom is 0.350 e. The lowest BCUT2D eigenvalue weighted by Gasteiger charge is -2.05. The number of rotatable bonds is 3. The summed E-state index contributed by atoms with van der Waals surface area (Å²) in [5.41, 5.74) is 1.86. The molecule has 0 fully saturated rings. The van der Waals surface area contributed by atoms with Gasteiger partial charge in [-0.25, -0.2) is 9.42 Å². The number of ether oxygens (including phenoxy) is 1. The highest BCUT2D eigenvalue weighted by atomic mass is 32.1. The predicted octanol–water partition coefficient (Wildman–Crippen LogP) is 2.32. The molecule has 3 rings (SSSR count). The molecule has 7 nitrogen and oxygen atoms in total. The zero-order chi connectivity index (χ0) is 14.8. The predicted molar refractivity (Wildman–Crippen MR) is 75.4 cm³/mol. The van der Waals surface area contributed by atoms with Crippen LogP contribution in [0.15, 0.2) is 34.3 Å². The Kier molecular flexibility index (Phi) is 3.36. The van der Waals surface area contributed by atoms with Gasteiger partial charge >= 0.3 is 5.97 Å². The highest BCUT2D eigenvalue weighted by molar-refractivity contribution is 7.12. The van der Waals surface area contributed by atoms with E-state index in [2.05, 4.69) is 25.0 Å². The number of amides is 1. The number of aromatic nitrogens is 2. The SMILES string of the molecule is COC(=O)c1sccc1NC(=O)c1ccc2nonc2c1. The number of hydrogen-bond acceptors (Lipinski definition) is 7. The number of benzene rings is 1. The highest BCUT2D eigenvalue weighted by Crippen LogP contribution is 2.24.